The minimum absolute atomic E-state index is 0.446. The molecule has 0 amide bonds. The van der Waals surface area contributed by atoms with Crippen molar-refractivity contribution in [3.63, 3.8) is 0 Å². The van der Waals surface area contributed by atoms with E-state index in [0.29, 0.717) is 27.8 Å². The van der Waals surface area contributed by atoms with Gasteiger partial charge in [0, 0.05) is 18.0 Å². The van der Waals surface area contributed by atoms with Gasteiger partial charge in [-0.05, 0) is 61.4 Å². The molecule has 0 saturated carbocycles. The van der Waals surface area contributed by atoms with Gasteiger partial charge in [0.2, 0.25) is 5.89 Å². The number of hydrogen-bond donors (Lipinski definition) is 1. The molecular weight excluding hydrogens is 348 g/mol. The number of fused-ring (bicyclic) bond motifs is 1. The van der Waals surface area contributed by atoms with Crippen molar-refractivity contribution >= 4 is 28.0 Å². The van der Waals surface area contributed by atoms with Crippen LogP contribution in [0.3, 0.4) is 0 Å². The molecule has 0 fully saturated rings. The predicted molar refractivity (Wildman–Crippen MR) is 101 cm³/mol. The van der Waals surface area contributed by atoms with E-state index in [1.54, 1.807) is 30.6 Å². The summed E-state index contributed by atoms with van der Waals surface area (Å²) >= 11 is 0. The van der Waals surface area contributed by atoms with E-state index in [-0.39, 0.29) is 0 Å². The number of oxazole rings is 1. The second-order valence-electron chi connectivity index (χ2n) is 5.97. The number of pyridine rings is 2. The molecule has 0 bridgehead atoms. The molecule has 1 atom stereocenters. The predicted octanol–water partition coefficient (Wildman–Crippen LogP) is 4.04. The van der Waals surface area contributed by atoms with Crippen LogP contribution < -0.4 is 4.72 Å². The molecule has 7 heteroatoms. The van der Waals surface area contributed by atoms with Crippen LogP contribution in [0.25, 0.3) is 22.7 Å². The van der Waals surface area contributed by atoms with Crippen molar-refractivity contribution in [3.05, 3.63) is 66.0 Å². The highest BCUT2D eigenvalue weighted by Gasteiger charge is 2.11. The van der Waals surface area contributed by atoms with Crippen LogP contribution in [0, 0.1) is 13.8 Å². The van der Waals surface area contributed by atoms with Gasteiger partial charge in [-0.25, -0.2) is 14.2 Å². The molecule has 26 heavy (non-hydrogen) atoms. The van der Waals surface area contributed by atoms with Crippen molar-refractivity contribution in [2.75, 3.05) is 4.72 Å². The summed E-state index contributed by atoms with van der Waals surface area (Å²) in [5.41, 5.74) is 4.03. The molecule has 0 saturated heterocycles. The molecule has 0 aliphatic heterocycles. The lowest BCUT2D eigenvalue weighted by molar-refractivity contribution is 0.619. The second kappa shape index (κ2) is 6.68. The van der Waals surface area contributed by atoms with Crippen molar-refractivity contribution in [1.29, 1.82) is 0 Å². The van der Waals surface area contributed by atoms with Crippen molar-refractivity contribution < 1.29 is 8.63 Å². The van der Waals surface area contributed by atoms with Crippen LogP contribution in [0.2, 0.25) is 0 Å². The van der Waals surface area contributed by atoms with Gasteiger partial charge in [-0.2, -0.15) is 4.98 Å². The normalized spacial score (nSPS) is 12.2. The van der Waals surface area contributed by atoms with Crippen LogP contribution >= 0.6 is 0 Å². The lowest BCUT2D eigenvalue weighted by Crippen LogP contribution is -2.06. The standard InChI is InChI=1S/C19H16N4O2S/c1-12-8-13(2)10-15(9-12)26(24)23-17-11-14(5-7-20-17)19-22-18-16(25-19)4-3-6-21-18/h3-11H,1-2H3,(H,20,23). The minimum Gasteiger partial charge on any atom is -0.434 e. The first-order valence-electron chi connectivity index (χ1n) is 8.03. The summed E-state index contributed by atoms with van der Waals surface area (Å²) in [6.07, 6.45) is 3.29. The van der Waals surface area contributed by atoms with Gasteiger partial charge >= 0.3 is 0 Å². The zero-order valence-electron chi connectivity index (χ0n) is 14.3. The van der Waals surface area contributed by atoms with E-state index in [9.17, 15) is 4.21 Å². The van der Waals surface area contributed by atoms with E-state index in [2.05, 4.69) is 19.7 Å². The monoisotopic (exact) mass is 364 g/mol. The maximum Gasteiger partial charge on any atom is 0.229 e. The smallest absolute Gasteiger partial charge is 0.229 e. The molecule has 0 aliphatic rings. The molecule has 3 heterocycles. The first kappa shape index (κ1) is 16.4. The molecule has 0 radical (unpaired) electrons. The average molecular weight is 364 g/mol. The third-order valence-electron chi connectivity index (χ3n) is 3.78. The Morgan fingerprint density at radius 2 is 1.81 bits per heavy atom. The molecule has 130 valence electrons. The van der Waals surface area contributed by atoms with Crippen LogP contribution in [-0.4, -0.2) is 19.2 Å². The van der Waals surface area contributed by atoms with Crippen LogP contribution in [0.1, 0.15) is 11.1 Å². The zero-order valence-corrected chi connectivity index (χ0v) is 15.1. The van der Waals surface area contributed by atoms with Gasteiger partial charge in [0.15, 0.2) is 22.2 Å². The molecule has 0 aliphatic carbocycles. The third-order valence-corrected chi connectivity index (χ3v) is 4.84. The Bertz CT molecular complexity index is 1070. The van der Waals surface area contributed by atoms with Crippen molar-refractivity contribution in [2.45, 2.75) is 18.7 Å². The zero-order chi connectivity index (χ0) is 18.1. The van der Waals surface area contributed by atoms with E-state index in [0.717, 1.165) is 16.7 Å². The lowest BCUT2D eigenvalue weighted by Gasteiger charge is -2.08. The Kier molecular flexibility index (Phi) is 4.22. The Balaban J connectivity index is 1.62. The molecule has 1 N–H and O–H groups in total. The highest BCUT2D eigenvalue weighted by Crippen LogP contribution is 2.24. The van der Waals surface area contributed by atoms with Gasteiger partial charge in [-0.1, -0.05) is 6.07 Å². The Morgan fingerprint density at radius 1 is 1.00 bits per heavy atom. The average Bonchev–Trinajstić information content (AvgIpc) is 3.05. The second-order valence-corrected chi connectivity index (χ2v) is 7.18. The molecule has 0 spiro atoms. The third kappa shape index (κ3) is 3.34. The quantitative estimate of drug-likeness (QED) is 0.591. The van der Waals surface area contributed by atoms with E-state index < -0.39 is 11.0 Å². The van der Waals surface area contributed by atoms with Crippen molar-refractivity contribution in [3.8, 4) is 11.5 Å². The Hall–Kier alpha value is -3.06. The maximum absolute atomic E-state index is 12.6. The van der Waals surface area contributed by atoms with E-state index in [4.69, 9.17) is 4.42 Å². The molecule has 3 aromatic heterocycles. The summed E-state index contributed by atoms with van der Waals surface area (Å²) in [6, 6.07) is 13.0. The number of hydrogen-bond acceptors (Lipinski definition) is 5. The summed E-state index contributed by atoms with van der Waals surface area (Å²) in [6.45, 7) is 3.96. The summed E-state index contributed by atoms with van der Waals surface area (Å²) in [4.78, 5) is 13.5. The molecular formula is C19H16N4O2S. The summed E-state index contributed by atoms with van der Waals surface area (Å²) < 4.78 is 21.3. The number of anilines is 1. The molecule has 4 aromatic rings. The van der Waals surface area contributed by atoms with Crippen LogP contribution in [0.5, 0.6) is 0 Å². The van der Waals surface area contributed by atoms with Crippen LogP contribution in [0.4, 0.5) is 5.82 Å². The highest BCUT2D eigenvalue weighted by molar-refractivity contribution is 7.86. The number of aryl methyl sites for hydroxylation is 2. The first-order valence-corrected chi connectivity index (χ1v) is 9.18. The SMILES string of the molecule is Cc1cc(C)cc(S(=O)Nc2cc(-c3nc4ncccc4o3)ccn2)c1. The van der Waals surface area contributed by atoms with E-state index in [1.807, 2.05) is 38.1 Å². The molecule has 6 nitrogen and oxygen atoms in total. The largest absolute Gasteiger partial charge is 0.434 e. The first-order chi connectivity index (χ1) is 12.6. The van der Waals surface area contributed by atoms with Gasteiger partial charge < -0.3 is 4.42 Å². The van der Waals surface area contributed by atoms with Gasteiger partial charge in [0.25, 0.3) is 0 Å². The van der Waals surface area contributed by atoms with Gasteiger partial charge in [-0.3, -0.25) is 4.72 Å². The van der Waals surface area contributed by atoms with E-state index >= 15 is 0 Å². The van der Waals surface area contributed by atoms with Gasteiger partial charge in [0.05, 0.1) is 4.90 Å². The Morgan fingerprint density at radius 3 is 2.58 bits per heavy atom. The van der Waals surface area contributed by atoms with Gasteiger partial charge in [0.1, 0.15) is 5.82 Å². The van der Waals surface area contributed by atoms with Crippen molar-refractivity contribution in [2.24, 2.45) is 0 Å². The van der Waals surface area contributed by atoms with Crippen molar-refractivity contribution in [1.82, 2.24) is 15.0 Å². The molecule has 1 aromatic carbocycles. The summed E-state index contributed by atoms with van der Waals surface area (Å²) in [7, 11) is -1.41. The highest BCUT2D eigenvalue weighted by atomic mass is 32.2. The number of benzene rings is 1. The summed E-state index contributed by atoms with van der Waals surface area (Å²) in [5.74, 6) is 0.927. The number of aromatic nitrogens is 3. The molecule has 4 rings (SSSR count). The minimum atomic E-state index is -1.41. The summed E-state index contributed by atoms with van der Waals surface area (Å²) in [5, 5.41) is 0. The molecule has 1 unspecified atom stereocenters. The maximum atomic E-state index is 12.6. The van der Waals surface area contributed by atoms with Crippen LogP contribution in [-0.2, 0) is 11.0 Å². The number of nitrogens with zero attached hydrogens (tertiary/aromatic N) is 3. The van der Waals surface area contributed by atoms with E-state index in [1.165, 1.54) is 0 Å². The fourth-order valence-corrected chi connectivity index (χ4v) is 3.71. The number of nitrogens with one attached hydrogen (secondary N) is 1. The lowest BCUT2D eigenvalue weighted by atomic mass is 10.2. The van der Waals surface area contributed by atoms with Crippen LogP contribution in [0.15, 0.2) is 64.2 Å². The fourth-order valence-electron chi connectivity index (χ4n) is 2.71. The Labute approximate surface area is 152 Å². The number of rotatable bonds is 4. The van der Waals surface area contributed by atoms with Gasteiger partial charge in [-0.15, -0.1) is 0 Å². The topological polar surface area (TPSA) is 80.9 Å². The fraction of sp³-hybridized carbons (Fsp3) is 0.105.